The Morgan fingerprint density at radius 1 is 1.24 bits per heavy atom. The molecule has 0 aliphatic rings. The number of hydrogen-bond acceptors (Lipinski definition) is 3. The fourth-order valence-electron chi connectivity index (χ4n) is 1.62. The second-order valence-corrected chi connectivity index (χ2v) is 3.81. The van der Waals surface area contributed by atoms with Gasteiger partial charge in [0.1, 0.15) is 5.82 Å². The number of carboxylic acids is 1. The first-order valence-corrected chi connectivity index (χ1v) is 5.57. The van der Waals surface area contributed by atoms with Crippen LogP contribution in [0, 0.1) is 0 Å². The van der Waals surface area contributed by atoms with Crippen molar-refractivity contribution in [2.45, 2.75) is 12.8 Å². The van der Waals surface area contributed by atoms with Crippen LogP contribution in [0.4, 0.5) is 5.82 Å². The van der Waals surface area contributed by atoms with E-state index in [1.165, 1.54) is 0 Å². The smallest absolute Gasteiger partial charge is 0.303 e. The maximum atomic E-state index is 10.3. The van der Waals surface area contributed by atoms with E-state index in [4.69, 9.17) is 5.11 Å². The number of benzene rings is 1. The number of para-hydroxylation sites is 1. The van der Waals surface area contributed by atoms with Gasteiger partial charge in [0.05, 0.1) is 5.52 Å². The van der Waals surface area contributed by atoms with Crippen LogP contribution in [0.1, 0.15) is 12.8 Å². The van der Waals surface area contributed by atoms with E-state index in [1.54, 1.807) is 0 Å². The van der Waals surface area contributed by atoms with Crippen LogP contribution in [0.3, 0.4) is 0 Å². The van der Waals surface area contributed by atoms with Crippen molar-refractivity contribution in [1.29, 1.82) is 0 Å². The Bertz CT molecular complexity index is 526. The maximum absolute atomic E-state index is 10.3. The van der Waals surface area contributed by atoms with Gasteiger partial charge in [-0.3, -0.25) is 4.79 Å². The minimum Gasteiger partial charge on any atom is -0.481 e. The van der Waals surface area contributed by atoms with Crippen molar-refractivity contribution in [1.82, 2.24) is 4.98 Å². The van der Waals surface area contributed by atoms with Gasteiger partial charge in [0, 0.05) is 18.4 Å². The van der Waals surface area contributed by atoms with Crippen molar-refractivity contribution in [2.24, 2.45) is 0 Å². The molecule has 88 valence electrons. The van der Waals surface area contributed by atoms with E-state index in [0.717, 1.165) is 16.7 Å². The van der Waals surface area contributed by atoms with Crippen LogP contribution in [0.25, 0.3) is 10.9 Å². The Morgan fingerprint density at radius 3 is 2.88 bits per heavy atom. The first-order chi connectivity index (χ1) is 8.25. The number of aromatic nitrogens is 1. The molecule has 1 aromatic carbocycles. The summed E-state index contributed by atoms with van der Waals surface area (Å²) in [7, 11) is 0. The summed E-state index contributed by atoms with van der Waals surface area (Å²) in [6.45, 7) is 0.623. The number of nitrogens with zero attached hydrogens (tertiary/aromatic N) is 1. The molecule has 0 fully saturated rings. The molecule has 17 heavy (non-hydrogen) atoms. The number of carbonyl (C=O) groups is 1. The predicted octanol–water partition coefficient (Wildman–Crippen LogP) is 2.51. The van der Waals surface area contributed by atoms with Crippen molar-refractivity contribution in [3.63, 3.8) is 0 Å². The molecule has 0 radical (unpaired) electrons. The van der Waals surface area contributed by atoms with Crippen LogP contribution in [0.5, 0.6) is 0 Å². The zero-order chi connectivity index (χ0) is 12.1. The topological polar surface area (TPSA) is 62.2 Å². The lowest BCUT2D eigenvalue weighted by atomic mass is 10.2. The van der Waals surface area contributed by atoms with Gasteiger partial charge in [-0.2, -0.15) is 0 Å². The van der Waals surface area contributed by atoms with Crippen LogP contribution in [-0.4, -0.2) is 22.6 Å². The molecule has 0 aliphatic heterocycles. The third-order valence-corrected chi connectivity index (χ3v) is 2.47. The highest BCUT2D eigenvalue weighted by atomic mass is 16.4. The molecule has 0 unspecified atom stereocenters. The summed E-state index contributed by atoms with van der Waals surface area (Å²) in [6.07, 6.45) is 0.782. The molecule has 0 atom stereocenters. The maximum Gasteiger partial charge on any atom is 0.303 e. The predicted molar refractivity (Wildman–Crippen MR) is 67.1 cm³/mol. The van der Waals surface area contributed by atoms with E-state index in [0.29, 0.717) is 13.0 Å². The van der Waals surface area contributed by atoms with Crippen LogP contribution < -0.4 is 5.32 Å². The van der Waals surface area contributed by atoms with Crippen LogP contribution in [0.2, 0.25) is 0 Å². The van der Waals surface area contributed by atoms with Gasteiger partial charge in [0.25, 0.3) is 0 Å². The quantitative estimate of drug-likeness (QED) is 0.775. The summed E-state index contributed by atoms with van der Waals surface area (Å²) >= 11 is 0. The van der Waals surface area contributed by atoms with Crippen molar-refractivity contribution < 1.29 is 9.90 Å². The number of carboxylic acid groups (broad SMARTS) is 1. The molecule has 2 aromatic rings. The molecule has 1 heterocycles. The summed E-state index contributed by atoms with van der Waals surface area (Å²) in [5.41, 5.74) is 0.940. The highest BCUT2D eigenvalue weighted by Crippen LogP contribution is 2.14. The van der Waals surface area contributed by atoms with Crippen LogP contribution in [-0.2, 0) is 4.79 Å². The second kappa shape index (κ2) is 5.30. The molecular formula is C13H14N2O2. The SMILES string of the molecule is O=C(O)CCCNc1ccc2ccccc2n1. The van der Waals surface area contributed by atoms with Gasteiger partial charge in [-0.1, -0.05) is 18.2 Å². The van der Waals surface area contributed by atoms with Crippen LogP contribution in [0.15, 0.2) is 36.4 Å². The van der Waals surface area contributed by atoms with Gasteiger partial charge < -0.3 is 10.4 Å². The number of pyridine rings is 1. The molecule has 0 aliphatic carbocycles. The first-order valence-electron chi connectivity index (χ1n) is 5.57. The number of nitrogens with one attached hydrogen (secondary N) is 1. The Hall–Kier alpha value is -2.10. The lowest BCUT2D eigenvalue weighted by Crippen LogP contribution is -2.05. The molecular weight excluding hydrogens is 216 g/mol. The number of rotatable bonds is 5. The molecule has 0 saturated heterocycles. The highest BCUT2D eigenvalue weighted by molar-refractivity contribution is 5.80. The van der Waals surface area contributed by atoms with Gasteiger partial charge in [0.15, 0.2) is 0 Å². The minimum atomic E-state index is -0.765. The van der Waals surface area contributed by atoms with Gasteiger partial charge in [-0.05, 0) is 24.6 Å². The Kier molecular flexibility index (Phi) is 3.55. The fourth-order valence-corrected chi connectivity index (χ4v) is 1.62. The third-order valence-electron chi connectivity index (χ3n) is 2.47. The number of hydrogen-bond donors (Lipinski definition) is 2. The Balaban J connectivity index is 1.97. The van der Waals surface area contributed by atoms with Crippen molar-refractivity contribution >= 4 is 22.7 Å². The summed E-state index contributed by atoms with van der Waals surface area (Å²) in [6, 6.07) is 11.8. The first kappa shape index (κ1) is 11.4. The van der Waals surface area contributed by atoms with Crippen molar-refractivity contribution in [3.05, 3.63) is 36.4 Å². The zero-order valence-corrected chi connectivity index (χ0v) is 9.39. The molecule has 0 saturated carbocycles. The highest BCUT2D eigenvalue weighted by Gasteiger charge is 1.98. The Morgan fingerprint density at radius 2 is 2.06 bits per heavy atom. The second-order valence-electron chi connectivity index (χ2n) is 3.81. The molecule has 0 amide bonds. The van der Waals surface area contributed by atoms with Gasteiger partial charge in [-0.15, -0.1) is 0 Å². The summed E-state index contributed by atoms with van der Waals surface area (Å²) in [5, 5.41) is 12.7. The molecule has 4 heteroatoms. The van der Waals surface area contributed by atoms with E-state index in [1.807, 2.05) is 36.4 Å². The van der Waals surface area contributed by atoms with E-state index < -0.39 is 5.97 Å². The molecule has 2 rings (SSSR count). The van der Waals surface area contributed by atoms with E-state index in [-0.39, 0.29) is 6.42 Å². The fraction of sp³-hybridized carbons (Fsp3) is 0.231. The van der Waals surface area contributed by atoms with Crippen molar-refractivity contribution in [3.8, 4) is 0 Å². The average molecular weight is 230 g/mol. The average Bonchev–Trinajstić information content (AvgIpc) is 2.34. The van der Waals surface area contributed by atoms with Gasteiger partial charge in [-0.25, -0.2) is 4.98 Å². The molecule has 2 N–H and O–H groups in total. The zero-order valence-electron chi connectivity index (χ0n) is 9.39. The normalized spacial score (nSPS) is 10.4. The molecule has 4 nitrogen and oxygen atoms in total. The summed E-state index contributed by atoms with van der Waals surface area (Å²) in [5.74, 6) is 0.0207. The summed E-state index contributed by atoms with van der Waals surface area (Å²) < 4.78 is 0. The Labute approximate surface area is 99.3 Å². The lowest BCUT2D eigenvalue weighted by Gasteiger charge is -2.05. The minimum absolute atomic E-state index is 0.181. The number of aliphatic carboxylic acids is 1. The number of anilines is 1. The van der Waals surface area contributed by atoms with E-state index >= 15 is 0 Å². The molecule has 0 bridgehead atoms. The van der Waals surface area contributed by atoms with Crippen LogP contribution >= 0.6 is 0 Å². The molecule has 0 spiro atoms. The largest absolute Gasteiger partial charge is 0.481 e. The third kappa shape index (κ3) is 3.17. The lowest BCUT2D eigenvalue weighted by molar-refractivity contribution is -0.137. The molecule has 1 aromatic heterocycles. The van der Waals surface area contributed by atoms with E-state index in [9.17, 15) is 4.79 Å². The van der Waals surface area contributed by atoms with Gasteiger partial charge in [0.2, 0.25) is 0 Å². The summed E-state index contributed by atoms with van der Waals surface area (Å²) in [4.78, 5) is 14.8. The monoisotopic (exact) mass is 230 g/mol. The van der Waals surface area contributed by atoms with Crippen molar-refractivity contribution in [2.75, 3.05) is 11.9 Å². The number of fused-ring (bicyclic) bond motifs is 1. The standard InChI is InChI=1S/C13H14N2O2/c16-13(17)6-3-9-14-12-8-7-10-4-1-2-5-11(10)15-12/h1-2,4-5,7-8H,3,6,9H2,(H,14,15)(H,16,17). The van der Waals surface area contributed by atoms with E-state index in [2.05, 4.69) is 10.3 Å². The van der Waals surface area contributed by atoms with Gasteiger partial charge >= 0.3 is 5.97 Å².